The summed E-state index contributed by atoms with van der Waals surface area (Å²) in [6.07, 6.45) is -1.55. The zero-order chi connectivity index (χ0) is 13.5. The van der Waals surface area contributed by atoms with Crippen molar-refractivity contribution in [1.29, 1.82) is 0 Å². The molecule has 2 N–H and O–H groups in total. The third-order valence-corrected chi connectivity index (χ3v) is 2.93. The lowest BCUT2D eigenvalue weighted by Crippen LogP contribution is -2.38. The van der Waals surface area contributed by atoms with Crippen LogP contribution in [-0.4, -0.2) is 69.1 Å². The second kappa shape index (κ2) is 8.17. The molecule has 0 bridgehead atoms. The quantitative estimate of drug-likeness (QED) is 0.345. The van der Waals surface area contributed by atoms with Crippen LogP contribution >= 0.6 is 8.25 Å². The average molecular weight is 279 g/mol. The number of hydrogen-bond donors (Lipinski definition) is 2. The van der Waals surface area contributed by atoms with Crippen LogP contribution in [0.25, 0.3) is 0 Å². The Hall–Kier alpha value is -0.0751. The van der Waals surface area contributed by atoms with Crippen LogP contribution in [0.3, 0.4) is 0 Å². The molecule has 0 aromatic rings. The predicted molar refractivity (Wildman–Crippen MR) is 62.4 cm³/mol. The molecule has 0 saturated carbocycles. The molecule has 5 unspecified atom stereocenters. The van der Waals surface area contributed by atoms with Crippen molar-refractivity contribution in [1.82, 2.24) is 0 Å². The van der Waals surface area contributed by atoms with Gasteiger partial charge in [-0.1, -0.05) is 0 Å². The lowest BCUT2D eigenvalue weighted by Gasteiger charge is -2.18. The van der Waals surface area contributed by atoms with Crippen molar-refractivity contribution in [2.24, 2.45) is 0 Å². The number of ether oxygens (including phenoxy) is 3. The molecule has 2 radical (unpaired) electrons. The Labute approximate surface area is 108 Å². The fraction of sp³-hybridized carbons (Fsp3) is 1.00. The minimum atomic E-state index is -2.78. The average Bonchev–Trinajstić information content (AvgIpc) is 2.57. The molecular weight excluding hydrogens is 262 g/mol. The standard InChI is InChI=1S/C9H16BO7P/c1-14-5-6-7(17-18(12)13)8(9(10)16-6)15-4-2-3-11/h6-9,11H,2-5H2,1H3/p+1. The first-order valence-corrected chi connectivity index (χ1v) is 6.68. The highest BCUT2D eigenvalue weighted by atomic mass is 31.1. The second-order valence-electron chi connectivity index (χ2n) is 3.81. The number of rotatable bonds is 8. The van der Waals surface area contributed by atoms with E-state index in [0.29, 0.717) is 6.42 Å². The topological polar surface area (TPSA) is 94.5 Å². The highest BCUT2D eigenvalue weighted by molar-refractivity contribution is 7.32. The molecule has 1 saturated heterocycles. The van der Waals surface area contributed by atoms with E-state index in [4.69, 9.17) is 36.6 Å². The van der Waals surface area contributed by atoms with Gasteiger partial charge >= 0.3 is 8.25 Å². The van der Waals surface area contributed by atoms with Crippen LogP contribution in [0.2, 0.25) is 0 Å². The molecule has 1 aliphatic rings. The van der Waals surface area contributed by atoms with Crippen molar-refractivity contribution in [3.05, 3.63) is 0 Å². The molecule has 1 fully saturated rings. The summed E-state index contributed by atoms with van der Waals surface area (Å²) in [5, 5.41) is 8.67. The van der Waals surface area contributed by atoms with Gasteiger partial charge in [0.05, 0.1) is 6.61 Å². The van der Waals surface area contributed by atoms with Crippen LogP contribution in [0.5, 0.6) is 0 Å². The van der Waals surface area contributed by atoms with Gasteiger partial charge in [0.25, 0.3) is 0 Å². The van der Waals surface area contributed by atoms with Gasteiger partial charge < -0.3 is 19.3 Å². The zero-order valence-corrected chi connectivity index (χ0v) is 11.0. The highest BCUT2D eigenvalue weighted by Gasteiger charge is 2.48. The molecule has 102 valence electrons. The Morgan fingerprint density at radius 1 is 1.44 bits per heavy atom. The molecule has 7 nitrogen and oxygen atoms in total. The first-order chi connectivity index (χ1) is 8.60. The molecule has 0 spiro atoms. The van der Waals surface area contributed by atoms with Gasteiger partial charge in [-0.25, -0.2) is 0 Å². The summed E-state index contributed by atoms with van der Waals surface area (Å²) in [4.78, 5) is 8.83. The van der Waals surface area contributed by atoms with E-state index >= 15 is 0 Å². The minimum absolute atomic E-state index is 0.00982. The van der Waals surface area contributed by atoms with E-state index in [0.717, 1.165) is 0 Å². The van der Waals surface area contributed by atoms with Gasteiger partial charge in [-0.2, -0.15) is 0 Å². The Kier molecular flexibility index (Phi) is 7.25. The molecular formula is C9H17BO7P+. The molecule has 1 heterocycles. The maximum absolute atomic E-state index is 10.8. The molecule has 0 amide bonds. The van der Waals surface area contributed by atoms with Crippen molar-refractivity contribution >= 4 is 16.1 Å². The number of hydrogen-bond acceptors (Lipinski definition) is 6. The van der Waals surface area contributed by atoms with Gasteiger partial charge in [0.15, 0.2) is 6.10 Å². The highest BCUT2D eigenvalue weighted by Crippen LogP contribution is 2.31. The van der Waals surface area contributed by atoms with Gasteiger partial charge in [-0.15, -0.1) is 9.42 Å². The number of methoxy groups -OCH3 is 1. The molecule has 5 atom stereocenters. The van der Waals surface area contributed by atoms with E-state index < -0.39 is 32.6 Å². The smallest absolute Gasteiger partial charge is 0.396 e. The summed E-state index contributed by atoms with van der Waals surface area (Å²) in [5.41, 5.74) is 0. The first kappa shape index (κ1) is 16.0. The zero-order valence-electron chi connectivity index (χ0n) is 10.1. The Balaban J connectivity index is 2.61. The van der Waals surface area contributed by atoms with Crippen LogP contribution in [0.4, 0.5) is 0 Å². The molecule has 0 aromatic heterocycles. The Bertz CT molecular complexity index is 267. The lowest BCUT2D eigenvalue weighted by atomic mass is 9.93. The molecule has 0 aromatic carbocycles. The Morgan fingerprint density at radius 3 is 2.72 bits per heavy atom. The summed E-state index contributed by atoms with van der Waals surface area (Å²) in [7, 11) is 4.42. The lowest BCUT2D eigenvalue weighted by molar-refractivity contribution is -0.0241. The van der Waals surface area contributed by atoms with Gasteiger partial charge in [-0.05, 0) is 6.42 Å². The fourth-order valence-electron chi connectivity index (χ4n) is 1.76. The molecule has 1 aliphatic heterocycles. The van der Waals surface area contributed by atoms with Crippen molar-refractivity contribution in [3.8, 4) is 0 Å². The normalized spacial score (nSPS) is 32.7. The third kappa shape index (κ3) is 4.55. The molecule has 18 heavy (non-hydrogen) atoms. The Morgan fingerprint density at radius 2 is 2.17 bits per heavy atom. The van der Waals surface area contributed by atoms with E-state index in [1.54, 1.807) is 0 Å². The van der Waals surface area contributed by atoms with Crippen molar-refractivity contribution in [2.75, 3.05) is 26.9 Å². The summed E-state index contributed by atoms with van der Waals surface area (Å²) in [6.45, 7) is 0.436. The van der Waals surface area contributed by atoms with Crippen LogP contribution < -0.4 is 0 Å². The van der Waals surface area contributed by atoms with Crippen molar-refractivity contribution in [2.45, 2.75) is 30.7 Å². The van der Waals surface area contributed by atoms with Gasteiger partial charge in [0.2, 0.25) is 0 Å². The van der Waals surface area contributed by atoms with E-state index in [-0.39, 0.29) is 19.8 Å². The van der Waals surface area contributed by atoms with Crippen LogP contribution in [-0.2, 0) is 23.3 Å². The van der Waals surface area contributed by atoms with Crippen molar-refractivity contribution in [3.63, 3.8) is 0 Å². The molecule has 0 aliphatic carbocycles. The maximum atomic E-state index is 10.8. The first-order valence-electron chi connectivity index (χ1n) is 5.55. The van der Waals surface area contributed by atoms with E-state index in [1.807, 2.05) is 0 Å². The van der Waals surface area contributed by atoms with Crippen molar-refractivity contribution < 1.29 is 33.3 Å². The fourth-order valence-corrected chi connectivity index (χ4v) is 2.22. The number of aliphatic hydroxyl groups excluding tert-OH is 1. The van der Waals surface area contributed by atoms with Gasteiger partial charge in [0.1, 0.15) is 20.1 Å². The number of aliphatic hydroxyl groups is 1. The van der Waals surface area contributed by atoms with Crippen LogP contribution in [0.15, 0.2) is 0 Å². The van der Waals surface area contributed by atoms with Gasteiger partial charge in [-0.3, -0.25) is 0 Å². The minimum Gasteiger partial charge on any atom is -0.396 e. The van der Waals surface area contributed by atoms with E-state index in [1.165, 1.54) is 7.11 Å². The summed E-state index contributed by atoms with van der Waals surface area (Å²) in [5.74, 6) is 0. The molecule has 9 heteroatoms. The largest absolute Gasteiger partial charge is 0.695 e. The van der Waals surface area contributed by atoms with Crippen LogP contribution in [0, 0.1) is 0 Å². The van der Waals surface area contributed by atoms with E-state index in [9.17, 15) is 4.57 Å². The monoisotopic (exact) mass is 279 g/mol. The second-order valence-corrected chi connectivity index (χ2v) is 4.50. The SMILES string of the molecule is [B]C1OC(COC)C(O[P+](=O)O)C1OCCCO. The van der Waals surface area contributed by atoms with E-state index in [2.05, 4.69) is 0 Å². The van der Waals surface area contributed by atoms with Crippen LogP contribution in [0.1, 0.15) is 6.42 Å². The predicted octanol–water partition coefficient (Wildman–Crippen LogP) is -0.671. The maximum Gasteiger partial charge on any atom is 0.695 e. The van der Waals surface area contributed by atoms with Gasteiger partial charge in [0, 0.05) is 30.9 Å². The summed E-state index contributed by atoms with van der Waals surface area (Å²) in [6, 6.07) is -0.760. The summed E-state index contributed by atoms with van der Waals surface area (Å²) >= 11 is 0. The third-order valence-electron chi connectivity index (χ3n) is 2.50. The summed E-state index contributed by atoms with van der Waals surface area (Å²) < 4.78 is 31.4. The molecule has 1 rings (SSSR count).